The minimum atomic E-state index is -4.57. The second-order valence-corrected chi connectivity index (χ2v) is 5.40. The number of carboxylic acids is 1. The van der Waals surface area contributed by atoms with Gasteiger partial charge in [0.2, 0.25) is 0 Å². The normalized spacial score (nSPS) is 13.8. The van der Waals surface area contributed by atoms with Gasteiger partial charge in [0.15, 0.2) is 6.10 Å². The largest absolute Gasteiger partial charge is 0.479 e. The van der Waals surface area contributed by atoms with Gasteiger partial charge in [-0.1, -0.05) is 12.1 Å². The maximum absolute atomic E-state index is 13.3. The highest BCUT2D eigenvalue weighted by atomic mass is 19.4. The van der Waals surface area contributed by atoms with E-state index in [4.69, 9.17) is 5.11 Å². The first-order valence-corrected chi connectivity index (χ1v) is 6.68. The van der Waals surface area contributed by atoms with E-state index in [-0.39, 0.29) is 22.5 Å². The van der Waals surface area contributed by atoms with Crippen molar-refractivity contribution in [1.82, 2.24) is 4.57 Å². The first kappa shape index (κ1) is 16.4. The Bertz CT molecular complexity index is 732. The standard InChI is InChI=1S/C15H16F3NO3/c1-7(2)19-8(3)11(13(20)14(21)22)9-5-4-6-10(12(9)19)15(16,17)18/h4-7,13,20H,1-3H3,(H,21,22). The van der Waals surface area contributed by atoms with Crippen LogP contribution in [0.1, 0.15) is 42.8 Å². The third-order valence-corrected chi connectivity index (χ3v) is 3.65. The van der Waals surface area contributed by atoms with Crippen LogP contribution in [0, 0.1) is 6.92 Å². The summed E-state index contributed by atoms with van der Waals surface area (Å²) in [6.45, 7) is 4.93. The molecule has 1 aromatic heterocycles. The van der Waals surface area contributed by atoms with Gasteiger partial charge in [-0.25, -0.2) is 4.79 Å². The number of fused-ring (bicyclic) bond motifs is 1. The molecule has 0 aliphatic carbocycles. The molecule has 1 aromatic carbocycles. The third kappa shape index (κ3) is 2.45. The van der Waals surface area contributed by atoms with Crippen LogP contribution in [0.25, 0.3) is 10.9 Å². The van der Waals surface area contributed by atoms with Crippen molar-refractivity contribution in [2.75, 3.05) is 0 Å². The van der Waals surface area contributed by atoms with Gasteiger partial charge in [-0.05, 0) is 26.8 Å². The van der Waals surface area contributed by atoms with Crippen LogP contribution in [0.15, 0.2) is 18.2 Å². The van der Waals surface area contributed by atoms with Crippen LogP contribution in [0.5, 0.6) is 0 Å². The predicted octanol–water partition coefficient (Wildman–Crippen LogP) is 3.67. The average molecular weight is 315 g/mol. The molecule has 120 valence electrons. The number of carboxylic acid groups (broad SMARTS) is 1. The number of hydrogen-bond acceptors (Lipinski definition) is 2. The number of benzene rings is 1. The van der Waals surface area contributed by atoms with Gasteiger partial charge in [0, 0.05) is 22.7 Å². The van der Waals surface area contributed by atoms with Crippen LogP contribution in [0.4, 0.5) is 13.2 Å². The van der Waals surface area contributed by atoms with E-state index in [1.54, 1.807) is 13.8 Å². The van der Waals surface area contributed by atoms with Crippen LogP contribution < -0.4 is 0 Å². The van der Waals surface area contributed by atoms with Crippen molar-refractivity contribution in [3.05, 3.63) is 35.0 Å². The van der Waals surface area contributed by atoms with E-state index in [0.717, 1.165) is 6.07 Å². The monoisotopic (exact) mass is 315 g/mol. The van der Waals surface area contributed by atoms with Crippen molar-refractivity contribution in [3.8, 4) is 0 Å². The molecular weight excluding hydrogens is 299 g/mol. The van der Waals surface area contributed by atoms with Crippen molar-refractivity contribution in [2.24, 2.45) is 0 Å². The Labute approximate surface area is 124 Å². The number of nitrogens with zero attached hydrogens (tertiary/aromatic N) is 1. The molecule has 0 spiro atoms. The first-order chi connectivity index (χ1) is 10.1. The zero-order valence-corrected chi connectivity index (χ0v) is 12.3. The average Bonchev–Trinajstić information content (AvgIpc) is 2.68. The van der Waals surface area contributed by atoms with Gasteiger partial charge in [-0.3, -0.25) is 0 Å². The number of aliphatic hydroxyl groups is 1. The number of carbonyl (C=O) groups is 1. The summed E-state index contributed by atoms with van der Waals surface area (Å²) in [5.74, 6) is -1.50. The molecule has 0 amide bonds. The minimum Gasteiger partial charge on any atom is -0.479 e. The van der Waals surface area contributed by atoms with E-state index in [2.05, 4.69) is 0 Å². The molecule has 0 radical (unpaired) electrons. The fourth-order valence-electron chi connectivity index (χ4n) is 2.86. The van der Waals surface area contributed by atoms with E-state index in [1.807, 2.05) is 0 Å². The summed E-state index contributed by atoms with van der Waals surface area (Å²) in [4.78, 5) is 11.1. The maximum Gasteiger partial charge on any atom is 0.418 e. The molecule has 2 rings (SSSR count). The SMILES string of the molecule is Cc1c(C(O)C(=O)O)c2cccc(C(F)(F)F)c2n1C(C)C. The molecule has 0 saturated carbocycles. The van der Waals surface area contributed by atoms with E-state index in [0.29, 0.717) is 5.69 Å². The summed E-state index contributed by atoms with van der Waals surface area (Å²) >= 11 is 0. The van der Waals surface area contributed by atoms with Gasteiger partial charge in [0.25, 0.3) is 0 Å². The highest BCUT2D eigenvalue weighted by Crippen LogP contribution is 2.40. The molecule has 4 nitrogen and oxygen atoms in total. The molecule has 0 saturated heterocycles. The second kappa shape index (κ2) is 5.31. The topological polar surface area (TPSA) is 62.5 Å². The Morgan fingerprint density at radius 2 is 1.86 bits per heavy atom. The molecule has 1 heterocycles. The molecule has 0 aliphatic heterocycles. The van der Waals surface area contributed by atoms with Gasteiger partial charge in [-0.2, -0.15) is 13.2 Å². The Balaban J connectivity index is 2.97. The fourth-order valence-corrected chi connectivity index (χ4v) is 2.86. The minimum absolute atomic E-state index is 0.00213. The van der Waals surface area contributed by atoms with E-state index in [1.165, 1.54) is 23.6 Å². The van der Waals surface area contributed by atoms with Crippen LogP contribution in [0.3, 0.4) is 0 Å². The van der Waals surface area contributed by atoms with Gasteiger partial charge in [0.1, 0.15) is 0 Å². The summed E-state index contributed by atoms with van der Waals surface area (Å²) in [5.41, 5.74) is -0.623. The zero-order valence-electron chi connectivity index (χ0n) is 12.3. The molecular formula is C15H16F3NO3. The Hall–Kier alpha value is -2.02. The summed E-state index contributed by atoms with van der Waals surface area (Å²) < 4.78 is 41.2. The van der Waals surface area contributed by atoms with Crippen LogP contribution >= 0.6 is 0 Å². The maximum atomic E-state index is 13.3. The molecule has 7 heteroatoms. The quantitative estimate of drug-likeness (QED) is 0.908. The van der Waals surface area contributed by atoms with Gasteiger partial charge < -0.3 is 14.8 Å². The predicted molar refractivity (Wildman–Crippen MR) is 74.7 cm³/mol. The number of aliphatic hydroxyl groups excluding tert-OH is 1. The molecule has 22 heavy (non-hydrogen) atoms. The number of rotatable bonds is 3. The second-order valence-electron chi connectivity index (χ2n) is 5.40. The number of aliphatic carboxylic acids is 1. The Kier molecular flexibility index (Phi) is 3.95. The highest BCUT2D eigenvalue weighted by molar-refractivity contribution is 5.92. The van der Waals surface area contributed by atoms with Gasteiger partial charge >= 0.3 is 12.1 Å². The lowest BCUT2D eigenvalue weighted by Crippen LogP contribution is -2.12. The summed E-state index contributed by atoms with van der Waals surface area (Å²) in [7, 11) is 0. The number of alkyl halides is 3. The Morgan fingerprint density at radius 3 is 2.32 bits per heavy atom. The lowest BCUT2D eigenvalue weighted by Gasteiger charge is -2.16. The number of aromatic nitrogens is 1. The lowest BCUT2D eigenvalue weighted by molar-refractivity contribution is -0.147. The van der Waals surface area contributed by atoms with Crippen LogP contribution in [-0.4, -0.2) is 20.7 Å². The number of para-hydroxylation sites is 1. The van der Waals surface area contributed by atoms with Crippen molar-refractivity contribution in [3.63, 3.8) is 0 Å². The molecule has 2 aromatic rings. The lowest BCUT2D eigenvalue weighted by atomic mass is 10.0. The molecule has 0 bridgehead atoms. The third-order valence-electron chi connectivity index (χ3n) is 3.65. The Morgan fingerprint density at radius 1 is 1.27 bits per heavy atom. The van der Waals surface area contributed by atoms with E-state index < -0.39 is 23.8 Å². The highest BCUT2D eigenvalue weighted by Gasteiger charge is 2.36. The molecule has 0 aliphatic rings. The van der Waals surface area contributed by atoms with E-state index in [9.17, 15) is 23.1 Å². The van der Waals surface area contributed by atoms with Crippen molar-refractivity contribution in [1.29, 1.82) is 0 Å². The number of halogens is 3. The van der Waals surface area contributed by atoms with Crippen molar-refractivity contribution in [2.45, 2.75) is 39.1 Å². The van der Waals surface area contributed by atoms with Gasteiger partial charge in [0.05, 0.1) is 11.1 Å². The fraction of sp³-hybridized carbons (Fsp3) is 0.400. The molecule has 1 atom stereocenters. The molecule has 0 fully saturated rings. The number of hydrogen-bond donors (Lipinski definition) is 2. The van der Waals surface area contributed by atoms with E-state index >= 15 is 0 Å². The smallest absolute Gasteiger partial charge is 0.418 e. The summed E-state index contributed by atoms with van der Waals surface area (Å²) in [6.07, 6.45) is -6.44. The van der Waals surface area contributed by atoms with Gasteiger partial charge in [-0.15, -0.1) is 0 Å². The van der Waals surface area contributed by atoms with Crippen molar-refractivity contribution < 1.29 is 28.2 Å². The zero-order chi connectivity index (χ0) is 16.8. The summed E-state index contributed by atoms with van der Waals surface area (Å²) in [6, 6.07) is 3.25. The molecule has 1 unspecified atom stereocenters. The molecule has 2 N–H and O–H groups in total. The van der Waals surface area contributed by atoms with Crippen LogP contribution in [-0.2, 0) is 11.0 Å². The first-order valence-electron chi connectivity index (χ1n) is 6.68. The van der Waals surface area contributed by atoms with Crippen molar-refractivity contribution >= 4 is 16.9 Å². The summed E-state index contributed by atoms with van der Waals surface area (Å²) in [5, 5.41) is 19.0. The van der Waals surface area contributed by atoms with Crippen LogP contribution in [0.2, 0.25) is 0 Å².